The van der Waals surface area contributed by atoms with Crippen molar-refractivity contribution in [2.24, 2.45) is 0 Å². The Labute approximate surface area is 155 Å². The van der Waals surface area contributed by atoms with E-state index >= 15 is 0 Å². The van der Waals surface area contributed by atoms with Crippen LogP contribution in [0.3, 0.4) is 0 Å². The smallest absolute Gasteiger partial charge is 0.340 e. The molecular weight excluding hydrogens is 358 g/mol. The van der Waals surface area contributed by atoms with Crippen LogP contribution in [-0.4, -0.2) is 60.2 Å². The Bertz CT molecular complexity index is 752. The average molecular weight is 379 g/mol. The van der Waals surface area contributed by atoms with Crippen molar-refractivity contribution in [1.82, 2.24) is 15.5 Å². The summed E-state index contributed by atoms with van der Waals surface area (Å²) < 4.78 is 5.24. The maximum absolute atomic E-state index is 12.4. The van der Waals surface area contributed by atoms with E-state index in [4.69, 9.17) is 4.74 Å². The van der Waals surface area contributed by atoms with Crippen molar-refractivity contribution in [3.63, 3.8) is 0 Å². The molecule has 26 heavy (non-hydrogen) atoms. The van der Waals surface area contributed by atoms with Crippen LogP contribution >= 0.6 is 11.8 Å². The van der Waals surface area contributed by atoms with Crippen LogP contribution in [0, 0.1) is 0 Å². The van der Waals surface area contributed by atoms with Gasteiger partial charge in [-0.3, -0.25) is 14.9 Å². The normalized spacial score (nSPS) is 20.2. The molecule has 0 aliphatic carbocycles. The van der Waals surface area contributed by atoms with E-state index in [0.29, 0.717) is 10.5 Å². The second-order valence-electron chi connectivity index (χ2n) is 6.31. The van der Waals surface area contributed by atoms with Gasteiger partial charge in [-0.15, -0.1) is 11.8 Å². The molecule has 0 bridgehead atoms. The van der Waals surface area contributed by atoms with Gasteiger partial charge in [0, 0.05) is 24.7 Å². The average Bonchev–Trinajstić information content (AvgIpc) is 2.84. The van der Waals surface area contributed by atoms with Crippen LogP contribution < -0.4 is 10.6 Å². The predicted molar refractivity (Wildman–Crippen MR) is 95.8 cm³/mol. The highest BCUT2D eigenvalue weighted by molar-refractivity contribution is 7.99. The van der Waals surface area contributed by atoms with E-state index in [1.807, 2.05) is 0 Å². The highest BCUT2D eigenvalue weighted by Gasteiger charge is 2.42. The zero-order valence-corrected chi connectivity index (χ0v) is 15.8. The van der Waals surface area contributed by atoms with E-state index in [1.165, 1.54) is 23.6 Å². The van der Waals surface area contributed by atoms with Crippen molar-refractivity contribution in [3.8, 4) is 0 Å². The van der Waals surface area contributed by atoms with Crippen LogP contribution in [0.2, 0.25) is 0 Å². The molecule has 1 aromatic rings. The second-order valence-corrected chi connectivity index (χ2v) is 7.32. The number of hydrogen-bond donors (Lipinski definition) is 2. The minimum Gasteiger partial charge on any atom is -0.449 e. The number of amides is 4. The van der Waals surface area contributed by atoms with Gasteiger partial charge in [0.15, 0.2) is 6.10 Å². The Morgan fingerprint density at radius 1 is 1.27 bits per heavy atom. The molecule has 1 aliphatic heterocycles. The summed E-state index contributed by atoms with van der Waals surface area (Å²) in [5.74, 6) is -1.12. The molecule has 0 spiro atoms. The van der Waals surface area contributed by atoms with Gasteiger partial charge in [0.25, 0.3) is 11.8 Å². The van der Waals surface area contributed by atoms with Gasteiger partial charge in [0.2, 0.25) is 0 Å². The third kappa shape index (κ3) is 4.34. The standard InChI is InChI=1S/C17H21N3O5S/c1-10(13(21)20(3)4)25-14(22)11-7-5-6-8-12(11)26-9-17(2)15(23)18-16(24)19-17/h5-8,10H,9H2,1-4H3,(H2,18,19,23,24)/t10-,17-/m0/s1. The van der Waals surface area contributed by atoms with Crippen LogP contribution in [0.5, 0.6) is 0 Å². The summed E-state index contributed by atoms with van der Waals surface area (Å²) in [5, 5.41) is 4.77. The number of carbonyl (C=O) groups excluding carboxylic acids is 4. The number of rotatable bonds is 6. The van der Waals surface area contributed by atoms with Crippen LogP contribution in [0.1, 0.15) is 24.2 Å². The van der Waals surface area contributed by atoms with Crippen molar-refractivity contribution in [2.45, 2.75) is 30.4 Å². The lowest BCUT2D eigenvalue weighted by Gasteiger charge is -2.21. The first-order chi connectivity index (χ1) is 12.1. The van der Waals surface area contributed by atoms with Crippen LogP contribution in [0.15, 0.2) is 29.2 Å². The number of nitrogens with zero attached hydrogens (tertiary/aromatic N) is 1. The van der Waals surface area contributed by atoms with Crippen molar-refractivity contribution < 1.29 is 23.9 Å². The second kappa shape index (κ2) is 7.77. The van der Waals surface area contributed by atoms with E-state index in [9.17, 15) is 19.2 Å². The lowest BCUT2D eigenvalue weighted by atomic mass is 10.1. The molecule has 1 fully saturated rings. The summed E-state index contributed by atoms with van der Waals surface area (Å²) in [6, 6.07) is 6.21. The van der Waals surface area contributed by atoms with Crippen LogP contribution in [-0.2, 0) is 14.3 Å². The highest BCUT2D eigenvalue weighted by atomic mass is 32.2. The number of nitrogens with one attached hydrogen (secondary N) is 2. The maximum Gasteiger partial charge on any atom is 0.340 e. The molecule has 8 nitrogen and oxygen atoms in total. The van der Waals surface area contributed by atoms with Gasteiger partial charge >= 0.3 is 12.0 Å². The summed E-state index contributed by atoms with van der Waals surface area (Å²) in [4.78, 5) is 49.5. The van der Waals surface area contributed by atoms with E-state index in [0.717, 1.165) is 0 Å². The number of thioether (sulfide) groups is 1. The Balaban J connectivity index is 2.10. The van der Waals surface area contributed by atoms with Crippen molar-refractivity contribution in [3.05, 3.63) is 29.8 Å². The molecule has 0 saturated carbocycles. The number of imide groups is 1. The van der Waals surface area contributed by atoms with Gasteiger partial charge in [0.1, 0.15) is 5.54 Å². The minimum absolute atomic E-state index is 0.237. The van der Waals surface area contributed by atoms with Gasteiger partial charge < -0.3 is 15.0 Å². The van der Waals surface area contributed by atoms with Crippen molar-refractivity contribution >= 4 is 35.6 Å². The lowest BCUT2D eigenvalue weighted by molar-refractivity contribution is -0.137. The Hall–Kier alpha value is -2.55. The Morgan fingerprint density at radius 2 is 1.92 bits per heavy atom. The number of likely N-dealkylation sites (N-methyl/N-ethyl adjacent to an activating group) is 1. The van der Waals surface area contributed by atoms with Gasteiger partial charge in [-0.1, -0.05) is 12.1 Å². The number of urea groups is 1. The summed E-state index contributed by atoms with van der Waals surface area (Å²) >= 11 is 1.25. The largest absolute Gasteiger partial charge is 0.449 e. The molecule has 1 aliphatic rings. The number of carbonyl (C=O) groups is 4. The first kappa shape index (κ1) is 19.8. The zero-order valence-electron chi connectivity index (χ0n) is 15.0. The van der Waals surface area contributed by atoms with Crippen LogP contribution in [0.4, 0.5) is 4.79 Å². The van der Waals surface area contributed by atoms with E-state index in [-0.39, 0.29) is 11.7 Å². The maximum atomic E-state index is 12.4. The Morgan fingerprint density at radius 3 is 2.50 bits per heavy atom. The number of ether oxygens (including phenoxy) is 1. The van der Waals surface area contributed by atoms with Gasteiger partial charge in [0.05, 0.1) is 5.56 Å². The van der Waals surface area contributed by atoms with E-state index in [1.54, 1.807) is 45.3 Å². The highest BCUT2D eigenvalue weighted by Crippen LogP contribution is 2.28. The molecule has 1 heterocycles. The number of hydrogen-bond acceptors (Lipinski definition) is 6. The number of benzene rings is 1. The molecular formula is C17H21N3O5S. The fourth-order valence-corrected chi connectivity index (χ4v) is 3.43. The topological polar surface area (TPSA) is 105 Å². The molecule has 9 heteroatoms. The number of esters is 1. The van der Waals surface area contributed by atoms with Crippen LogP contribution in [0.25, 0.3) is 0 Å². The molecule has 0 radical (unpaired) electrons. The molecule has 1 aromatic carbocycles. The predicted octanol–water partition coefficient (Wildman–Crippen LogP) is 1.01. The Kier molecular flexibility index (Phi) is 5.91. The summed E-state index contributed by atoms with van der Waals surface area (Å²) in [5.41, 5.74) is -0.767. The summed E-state index contributed by atoms with van der Waals surface area (Å²) in [7, 11) is 3.16. The van der Waals surface area contributed by atoms with E-state index in [2.05, 4.69) is 10.6 Å². The van der Waals surface area contributed by atoms with Crippen molar-refractivity contribution in [1.29, 1.82) is 0 Å². The fraction of sp³-hybridized carbons (Fsp3) is 0.412. The van der Waals surface area contributed by atoms with Gasteiger partial charge in [-0.25, -0.2) is 9.59 Å². The molecule has 140 valence electrons. The molecule has 0 unspecified atom stereocenters. The zero-order chi connectivity index (χ0) is 19.5. The SMILES string of the molecule is C[C@H](OC(=O)c1ccccc1SC[C@]1(C)NC(=O)NC1=O)C(=O)N(C)C. The first-order valence-electron chi connectivity index (χ1n) is 7.91. The third-order valence-electron chi connectivity index (χ3n) is 3.81. The molecule has 2 atom stereocenters. The third-order valence-corrected chi connectivity index (χ3v) is 5.20. The lowest BCUT2D eigenvalue weighted by Crippen LogP contribution is -2.46. The van der Waals surface area contributed by atoms with Gasteiger partial charge in [-0.05, 0) is 26.0 Å². The molecule has 0 aromatic heterocycles. The first-order valence-corrected chi connectivity index (χ1v) is 8.90. The molecule has 1 saturated heterocycles. The molecule has 2 N–H and O–H groups in total. The minimum atomic E-state index is -1.06. The van der Waals surface area contributed by atoms with E-state index < -0.39 is 29.6 Å². The molecule has 4 amide bonds. The molecule has 2 rings (SSSR count). The van der Waals surface area contributed by atoms with Gasteiger partial charge in [-0.2, -0.15) is 0 Å². The summed E-state index contributed by atoms with van der Waals surface area (Å²) in [6.07, 6.45) is -0.909. The summed E-state index contributed by atoms with van der Waals surface area (Å²) in [6.45, 7) is 3.12. The fourth-order valence-electron chi connectivity index (χ4n) is 2.30. The van der Waals surface area contributed by atoms with Crippen molar-refractivity contribution in [2.75, 3.05) is 19.8 Å². The monoisotopic (exact) mass is 379 g/mol. The quantitative estimate of drug-likeness (QED) is 0.434.